The van der Waals surface area contributed by atoms with Crippen LogP contribution in [0.5, 0.6) is 0 Å². The number of carbonyl (C=O) groups excluding carboxylic acids is 1. The molecule has 1 saturated heterocycles. The summed E-state index contributed by atoms with van der Waals surface area (Å²) in [6.45, 7) is -2.71. The van der Waals surface area contributed by atoms with E-state index in [1.54, 1.807) is 0 Å². The van der Waals surface area contributed by atoms with Gasteiger partial charge in [-0.05, 0) is 0 Å². The van der Waals surface area contributed by atoms with Gasteiger partial charge in [0, 0.05) is 0 Å². The van der Waals surface area contributed by atoms with Crippen LogP contribution in [0.2, 0.25) is 0 Å². The Labute approximate surface area is 95.8 Å². The van der Waals surface area contributed by atoms with Crippen LogP contribution in [0.25, 0.3) is 0 Å². The Kier molecular flexibility index (Phi) is 5.21. The summed E-state index contributed by atoms with van der Waals surface area (Å²) in [5.74, 6) is 0. The minimum Gasteiger partial charge on any atom is -0.413 e. The predicted molar refractivity (Wildman–Crippen MR) is 48.0 cm³/mol. The zero-order valence-corrected chi connectivity index (χ0v) is 8.62. The van der Waals surface area contributed by atoms with Gasteiger partial charge in [-0.2, -0.15) is 0 Å². The lowest BCUT2D eigenvalue weighted by Crippen LogP contribution is -2.59. The van der Waals surface area contributed by atoms with E-state index < -0.39 is 43.8 Å². The number of aliphatic hydroxyl groups is 5. The second-order valence-corrected chi connectivity index (χ2v) is 3.37. The molecule has 0 aromatic heterocycles. The van der Waals surface area contributed by atoms with E-state index in [2.05, 4.69) is 9.47 Å². The van der Waals surface area contributed by atoms with E-state index in [9.17, 15) is 20.1 Å². The molecule has 5 N–H and O–H groups in total. The summed E-state index contributed by atoms with van der Waals surface area (Å²) in [6.07, 6.45) is -7.55. The molecule has 6 unspecified atom stereocenters. The van der Waals surface area contributed by atoms with E-state index in [0.717, 1.165) is 0 Å². The Morgan fingerprint density at radius 3 is 2.41 bits per heavy atom. The fourth-order valence-electron chi connectivity index (χ4n) is 1.37. The van der Waals surface area contributed by atoms with Crippen molar-refractivity contribution < 1.29 is 44.5 Å². The minimum absolute atomic E-state index is 0.0886. The number of rotatable bonds is 5. The molecule has 1 rings (SSSR count). The maximum atomic E-state index is 9.88. The van der Waals surface area contributed by atoms with Crippen molar-refractivity contribution in [3.63, 3.8) is 0 Å². The third-order valence-electron chi connectivity index (χ3n) is 2.27. The highest BCUT2D eigenvalue weighted by atomic mass is 16.9. The fraction of sp³-hybridized carbons (Fsp3) is 0.875. The van der Waals surface area contributed by atoms with Crippen molar-refractivity contribution in [3.05, 3.63) is 0 Å². The van der Waals surface area contributed by atoms with E-state index in [1.165, 1.54) is 0 Å². The molecule has 6 atom stereocenters. The summed E-state index contributed by atoms with van der Waals surface area (Å²) in [6, 6.07) is 0. The predicted octanol–water partition coefficient (Wildman–Crippen LogP) is -3.75. The molecule has 1 heterocycles. The minimum atomic E-state index is -1.99. The Morgan fingerprint density at radius 1 is 1.24 bits per heavy atom. The molecule has 1 aliphatic rings. The van der Waals surface area contributed by atoms with Gasteiger partial charge in [0.1, 0.15) is 24.4 Å². The van der Waals surface area contributed by atoms with Crippen LogP contribution in [0, 0.1) is 0 Å². The summed E-state index contributed by atoms with van der Waals surface area (Å²) in [5, 5.41) is 46.0. The third-order valence-corrected chi connectivity index (χ3v) is 2.27. The second kappa shape index (κ2) is 6.21. The van der Waals surface area contributed by atoms with Crippen molar-refractivity contribution in [1.82, 2.24) is 0 Å². The SMILES string of the molecule is O=COC(O)OC1OC(CO)C(O)C(O)C1O. The first-order valence-electron chi connectivity index (χ1n) is 4.74. The van der Waals surface area contributed by atoms with E-state index in [0.29, 0.717) is 0 Å². The molecule has 0 bridgehead atoms. The topological polar surface area (TPSA) is 146 Å². The van der Waals surface area contributed by atoms with Crippen LogP contribution in [0.4, 0.5) is 0 Å². The molecule has 0 spiro atoms. The fourth-order valence-corrected chi connectivity index (χ4v) is 1.37. The van der Waals surface area contributed by atoms with Crippen molar-refractivity contribution in [2.45, 2.75) is 37.2 Å². The standard InChI is InChI=1S/C8H14O9/c9-1-3-4(11)5(12)6(13)7(16-3)17-8(14)15-2-10/h2-9,11-14H,1H2. The van der Waals surface area contributed by atoms with Crippen molar-refractivity contribution in [2.75, 3.05) is 6.61 Å². The summed E-state index contributed by atoms with van der Waals surface area (Å²) in [5.41, 5.74) is 0. The first-order valence-corrected chi connectivity index (χ1v) is 4.74. The molecule has 9 heteroatoms. The molecule has 1 aliphatic heterocycles. The first kappa shape index (κ1) is 14.3. The summed E-state index contributed by atoms with van der Waals surface area (Å²) < 4.78 is 13.4. The van der Waals surface area contributed by atoms with Gasteiger partial charge < -0.3 is 35.0 Å². The molecule has 100 valence electrons. The Hall–Kier alpha value is -0.810. The molecule has 0 aromatic rings. The Morgan fingerprint density at radius 2 is 1.88 bits per heavy atom. The zero-order valence-electron chi connectivity index (χ0n) is 8.62. The Bertz CT molecular complexity index is 245. The van der Waals surface area contributed by atoms with Crippen LogP contribution in [0.3, 0.4) is 0 Å². The van der Waals surface area contributed by atoms with Gasteiger partial charge in [0.05, 0.1) is 6.61 Å². The van der Waals surface area contributed by atoms with Crippen LogP contribution in [-0.4, -0.2) is 75.8 Å². The highest BCUT2D eigenvalue weighted by Crippen LogP contribution is 2.22. The van der Waals surface area contributed by atoms with Gasteiger partial charge in [0.25, 0.3) is 6.47 Å². The van der Waals surface area contributed by atoms with Crippen LogP contribution in [-0.2, 0) is 19.0 Å². The summed E-state index contributed by atoms with van der Waals surface area (Å²) >= 11 is 0. The number of carbonyl (C=O) groups is 1. The van der Waals surface area contributed by atoms with Gasteiger partial charge in [-0.15, -0.1) is 0 Å². The van der Waals surface area contributed by atoms with Crippen LogP contribution in [0.15, 0.2) is 0 Å². The lowest BCUT2D eigenvalue weighted by molar-refractivity contribution is -0.366. The van der Waals surface area contributed by atoms with E-state index in [-0.39, 0.29) is 6.47 Å². The molecule has 0 amide bonds. The largest absolute Gasteiger partial charge is 0.413 e. The first-order chi connectivity index (χ1) is 8.01. The van der Waals surface area contributed by atoms with Crippen LogP contribution >= 0.6 is 0 Å². The molecule has 17 heavy (non-hydrogen) atoms. The van der Waals surface area contributed by atoms with Crippen LogP contribution < -0.4 is 0 Å². The van der Waals surface area contributed by atoms with Gasteiger partial charge in [0.2, 0.25) is 0 Å². The van der Waals surface area contributed by atoms with E-state index in [4.69, 9.17) is 14.9 Å². The zero-order chi connectivity index (χ0) is 13.0. The quantitative estimate of drug-likeness (QED) is 0.246. The van der Waals surface area contributed by atoms with Crippen molar-refractivity contribution in [2.24, 2.45) is 0 Å². The summed E-state index contributed by atoms with van der Waals surface area (Å²) in [4.78, 5) is 9.88. The Balaban J connectivity index is 2.62. The van der Waals surface area contributed by atoms with Gasteiger partial charge in [0.15, 0.2) is 6.29 Å². The number of ether oxygens (including phenoxy) is 3. The average Bonchev–Trinajstić information content (AvgIpc) is 2.30. The summed E-state index contributed by atoms with van der Waals surface area (Å²) in [7, 11) is 0. The van der Waals surface area contributed by atoms with Gasteiger partial charge >= 0.3 is 6.48 Å². The highest BCUT2D eigenvalue weighted by Gasteiger charge is 2.44. The van der Waals surface area contributed by atoms with Gasteiger partial charge in [-0.3, -0.25) is 9.53 Å². The lowest BCUT2D eigenvalue weighted by atomic mass is 9.99. The number of hydrogen-bond donors (Lipinski definition) is 5. The normalized spacial score (nSPS) is 39.7. The monoisotopic (exact) mass is 254 g/mol. The molecule has 0 aromatic carbocycles. The maximum absolute atomic E-state index is 9.88. The van der Waals surface area contributed by atoms with Crippen molar-refractivity contribution >= 4 is 6.47 Å². The van der Waals surface area contributed by atoms with Crippen LogP contribution in [0.1, 0.15) is 0 Å². The van der Waals surface area contributed by atoms with Crippen molar-refractivity contribution in [1.29, 1.82) is 0 Å². The molecule has 9 nitrogen and oxygen atoms in total. The molecule has 0 aliphatic carbocycles. The molecule has 0 saturated carbocycles. The maximum Gasteiger partial charge on any atom is 0.318 e. The van der Waals surface area contributed by atoms with Crippen molar-refractivity contribution in [3.8, 4) is 0 Å². The lowest BCUT2D eigenvalue weighted by Gasteiger charge is -2.39. The number of hydrogen-bond acceptors (Lipinski definition) is 9. The molecule has 1 fully saturated rings. The smallest absolute Gasteiger partial charge is 0.318 e. The third kappa shape index (κ3) is 3.33. The number of aliphatic hydroxyl groups excluding tert-OH is 5. The van der Waals surface area contributed by atoms with E-state index in [1.807, 2.05) is 0 Å². The molecule has 0 radical (unpaired) electrons. The van der Waals surface area contributed by atoms with Gasteiger partial charge in [-0.1, -0.05) is 0 Å². The molecular weight excluding hydrogens is 240 g/mol. The van der Waals surface area contributed by atoms with E-state index >= 15 is 0 Å². The average molecular weight is 254 g/mol. The highest BCUT2D eigenvalue weighted by molar-refractivity contribution is 5.36. The molecular formula is C8H14O9. The van der Waals surface area contributed by atoms with Gasteiger partial charge in [-0.25, -0.2) is 0 Å². The second-order valence-electron chi connectivity index (χ2n) is 3.37.